The lowest BCUT2D eigenvalue weighted by atomic mass is 10.1. The van der Waals surface area contributed by atoms with Crippen LogP contribution in [0, 0.1) is 0 Å². The van der Waals surface area contributed by atoms with Gasteiger partial charge in [-0.05, 0) is 54.3 Å². The van der Waals surface area contributed by atoms with Crippen molar-refractivity contribution >= 4 is 33.3 Å². The van der Waals surface area contributed by atoms with E-state index in [0.717, 1.165) is 29.8 Å². The highest BCUT2D eigenvalue weighted by Crippen LogP contribution is 2.28. The summed E-state index contributed by atoms with van der Waals surface area (Å²) in [6.45, 7) is 2.19. The van der Waals surface area contributed by atoms with Crippen LogP contribution in [-0.2, 0) is 0 Å². The monoisotopic (exact) mass is 317 g/mol. The normalized spacial score (nSPS) is 21.0. The van der Waals surface area contributed by atoms with Crippen molar-refractivity contribution in [3.63, 3.8) is 0 Å². The van der Waals surface area contributed by atoms with Crippen molar-refractivity contribution in [2.24, 2.45) is 0 Å². The maximum atomic E-state index is 6.23. The Morgan fingerprint density at radius 1 is 1.47 bits per heavy atom. The molecule has 17 heavy (non-hydrogen) atoms. The minimum atomic E-state index is 0.524. The first-order chi connectivity index (χ1) is 8.18. The van der Waals surface area contributed by atoms with Crippen molar-refractivity contribution in [3.05, 3.63) is 21.8 Å². The molecule has 1 N–H and O–H groups in total. The van der Waals surface area contributed by atoms with Crippen LogP contribution < -0.4 is 10.2 Å². The van der Waals surface area contributed by atoms with Crippen molar-refractivity contribution in [2.45, 2.75) is 25.3 Å². The number of pyridine rings is 1. The van der Waals surface area contributed by atoms with Gasteiger partial charge in [0.05, 0.1) is 5.02 Å². The van der Waals surface area contributed by atoms with E-state index in [9.17, 15) is 0 Å². The minimum absolute atomic E-state index is 0.524. The molecule has 1 saturated heterocycles. The topological polar surface area (TPSA) is 28.2 Å². The molecule has 1 aromatic heterocycles. The summed E-state index contributed by atoms with van der Waals surface area (Å²) in [5, 5.41) is 4.13. The Bertz CT molecular complexity index is 378. The van der Waals surface area contributed by atoms with Crippen LogP contribution in [0.15, 0.2) is 16.7 Å². The Balaban J connectivity index is 2.14. The zero-order valence-electron chi connectivity index (χ0n) is 9.92. The first-order valence-electron chi connectivity index (χ1n) is 5.93. The fourth-order valence-corrected chi connectivity index (χ4v) is 2.99. The van der Waals surface area contributed by atoms with Gasteiger partial charge in [-0.25, -0.2) is 4.98 Å². The number of nitrogens with zero attached hydrogens (tertiary/aromatic N) is 2. The number of hydrogen-bond donors (Lipinski definition) is 1. The number of rotatable bonds is 2. The predicted octanol–water partition coefficient (Wildman–Crippen LogP) is 3.08. The Kier molecular flexibility index (Phi) is 4.65. The highest BCUT2D eigenvalue weighted by atomic mass is 79.9. The van der Waals surface area contributed by atoms with Gasteiger partial charge in [-0.2, -0.15) is 0 Å². The van der Waals surface area contributed by atoms with Crippen molar-refractivity contribution in [3.8, 4) is 0 Å². The number of hydrogen-bond acceptors (Lipinski definition) is 3. The van der Waals surface area contributed by atoms with Crippen molar-refractivity contribution < 1.29 is 0 Å². The summed E-state index contributed by atoms with van der Waals surface area (Å²) in [5.41, 5.74) is 0. The third kappa shape index (κ3) is 3.33. The summed E-state index contributed by atoms with van der Waals surface area (Å²) in [6, 6.07) is 2.42. The standard InChI is InChI=1S/C12H17BrClN3/c1-17(10-3-2-5-15-6-4-10)12-11(14)7-9(13)8-16-12/h7-8,10,15H,2-6H2,1H3. The maximum absolute atomic E-state index is 6.23. The lowest BCUT2D eigenvalue weighted by molar-refractivity contribution is 0.563. The van der Waals surface area contributed by atoms with Gasteiger partial charge in [0.2, 0.25) is 0 Å². The van der Waals surface area contributed by atoms with E-state index in [2.05, 4.69) is 38.2 Å². The van der Waals surface area contributed by atoms with E-state index in [1.165, 1.54) is 12.8 Å². The lowest BCUT2D eigenvalue weighted by Gasteiger charge is -2.28. The molecule has 2 heterocycles. The van der Waals surface area contributed by atoms with Crippen LogP contribution in [0.2, 0.25) is 5.02 Å². The summed E-state index contributed by atoms with van der Waals surface area (Å²) in [6.07, 6.45) is 5.35. The average molecular weight is 319 g/mol. The number of anilines is 1. The van der Waals surface area contributed by atoms with Crippen molar-refractivity contribution in [2.75, 3.05) is 25.0 Å². The minimum Gasteiger partial charge on any atom is -0.355 e. The van der Waals surface area contributed by atoms with Gasteiger partial charge < -0.3 is 10.2 Å². The van der Waals surface area contributed by atoms with E-state index in [-0.39, 0.29) is 0 Å². The van der Waals surface area contributed by atoms with E-state index in [1.54, 1.807) is 6.20 Å². The average Bonchev–Trinajstić information content (AvgIpc) is 2.56. The van der Waals surface area contributed by atoms with E-state index < -0.39 is 0 Å². The molecule has 0 bridgehead atoms. The molecule has 1 unspecified atom stereocenters. The zero-order valence-corrected chi connectivity index (χ0v) is 12.3. The zero-order chi connectivity index (χ0) is 12.3. The summed E-state index contributed by atoms with van der Waals surface area (Å²) in [4.78, 5) is 6.62. The second-order valence-corrected chi connectivity index (χ2v) is 5.73. The molecule has 5 heteroatoms. The lowest BCUT2D eigenvalue weighted by Crippen LogP contribution is -2.33. The molecule has 0 aromatic carbocycles. The molecule has 0 saturated carbocycles. The largest absolute Gasteiger partial charge is 0.355 e. The summed E-state index contributed by atoms with van der Waals surface area (Å²) in [5.74, 6) is 0.877. The van der Waals surface area contributed by atoms with Gasteiger partial charge in [-0.1, -0.05) is 11.6 Å². The first-order valence-corrected chi connectivity index (χ1v) is 7.10. The summed E-state index contributed by atoms with van der Waals surface area (Å²) < 4.78 is 0.919. The van der Waals surface area contributed by atoms with Crippen LogP contribution in [-0.4, -0.2) is 31.2 Å². The Hall–Kier alpha value is -0.320. The maximum Gasteiger partial charge on any atom is 0.147 e. The molecule has 1 aliphatic heterocycles. The van der Waals surface area contributed by atoms with Crippen LogP contribution in [0.25, 0.3) is 0 Å². The summed E-state index contributed by atoms with van der Waals surface area (Å²) >= 11 is 9.61. The fourth-order valence-electron chi connectivity index (χ4n) is 2.23. The Morgan fingerprint density at radius 3 is 3.06 bits per heavy atom. The van der Waals surface area contributed by atoms with Crippen LogP contribution in [0.1, 0.15) is 19.3 Å². The highest BCUT2D eigenvalue weighted by molar-refractivity contribution is 9.10. The molecule has 0 spiro atoms. The van der Waals surface area contributed by atoms with Gasteiger partial charge in [0.15, 0.2) is 0 Å². The molecule has 1 aliphatic rings. The van der Waals surface area contributed by atoms with Gasteiger partial charge in [-0.3, -0.25) is 0 Å². The van der Waals surface area contributed by atoms with Crippen LogP contribution in [0.4, 0.5) is 5.82 Å². The van der Waals surface area contributed by atoms with Gasteiger partial charge in [0.1, 0.15) is 5.82 Å². The van der Waals surface area contributed by atoms with Crippen LogP contribution in [0.3, 0.4) is 0 Å². The fraction of sp³-hybridized carbons (Fsp3) is 0.583. The summed E-state index contributed by atoms with van der Waals surface area (Å²) in [7, 11) is 2.08. The molecular weight excluding hydrogens is 302 g/mol. The molecule has 3 nitrogen and oxygen atoms in total. The highest BCUT2D eigenvalue weighted by Gasteiger charge is 2.19. The van der Waals surface area contributed by atoms with E-state index in [1.807, 2.05) is 6.07 Å². The quantitative estimate of drug-likeness (QED) is 0.908. The molecule has 1 atom stereocenters. The molecule has 1 aromatic rings. The molecule has 0 aliphatic carbocycles. The first kappa shape index (κ1) is 13.1. The van der Waals surface area contributed by atoms with E-state index in [4.69, 9.17) is 11.6 Å². The molecule has 1 fully saturated rings. The molecular formula is C12H17BrClN3. The van der Waals surface area contributed by atoms with Crippen molar-refractivity contribution in [1.29, 1.82) is 0 Å². The van der Waals surface area contributed by atoms with E-state index in [0.29, 0.717) is 11.1 Å². The van der Waals surface area contributed by atoms with Crippen LogP contribution >= 0.6 is 27.5 Å². The van der Waals surface area contributed by atoms with Crippen molar-refractivity contribution in [1.82, 2.24) is 10.3 Å². The molecule has 94 valence electrons. The molecule has 2 rings (SSSR count). The number of aromatic nitrogens is 1. The van der Waals surface area contributed by atoms with Gasteiger partial charge in [0.25, 0.3) is 0 Å². The van der Waals surface area contributed by atoms with Gasteiger partial charge >= 0.3 is 0 Å². The van der Waals surface area contributed by atoms with E-state index >= 15 is 0 Å². The van der Waals surface area contributed by atoms with Gasteiger partial charge in [-0.15, -0.1) is 0 Å². The third-order valence-corrected chi connectivity index (χ3v) is 3.93. The Labute approximate surface area is 116 Å². The number of halogens is 2. The third-order valence-electron chi connectivity index (χ3n) is 3.22. The second-order valence-electron chi connectivity index (χ2n) is 4.40. The SMILES string of the molecule is CN(c1ncc(Br)cc1Cl)C1CCCNCC1. The van der Waals surface area contributed by atoms with Gasteiger partial charge in [0, 0.05) is 23.8 Å². The Morgan fingerprint density at radius 2 is 2.29 bits per heavy atom. The predicted molar refractivity (Wildman–Crippen MR) is 75.9 cm³/mol. The molecule has 0 radical (unpaired) electrons. The number of nitrogens with one attached hydrogen (secondary N) is 1. The smallest absolute Gasteiger partial charge is 0.147 e. The van der Waals surface area contributed by atoms with Crippen LogP contribution in [0.5, 0.6) is 0 Å². The second kappa shape index (κ2) is 6.03. The molecule has 0 amide bonds.